The molecule has 0 saturated heterocycles. The van der Waals surface area contributed by atoms with Gasteiger partial charge < -0.3 is 15.4 Å². The Labute approximate surface area is 132 Å². The van der Waals surface area contributed by atoms with Gasteiger partial charge in [-0.15, -0.1) is 0 Å². The molecule has 0 fully saturated rings. The molecule has 0 aliphatic rings. The number of ether oxygens (including phenoxy) is 1. The molecule has 0 aliphatic carbocycles. The van der Waals surface area contributed by atoms with Crippen molar-refractivity contribution < 1.29 is 9.13 Å². The summed E-state index contributed by atoms with van der Waals surface area (Å²) in [6.45, 7) is 2.50. The Morgan fingerprint density at radius 3 is 2.78 bits per heavy atom. The van der Waals surface area contributed by atoms with Crippen LogP contribution in [-0.4, -0.2) is 39.9 Å². The largest absolute Gasteiger partial charge is 0.383 e. The molecule has 0 spiro atoms. The average Bonchev–Trinajstić information content (AvgIpc) is 2.98. The zero-order valence-corrected chi connectivity index (χ0v) is 12.8. The highest BCUT2D eigenvalue weighted by atomic mass is 19.1. The van der Waals surface area contributed by atoms with Crippen LogP contribution in [0.5, 0.6) is 0 Å². The van der Waals surface area contributed by atoms with Crippen LogP contribution in [0.25, 0.3) is 11.0 Å². The van der Waals surface area contributed by atoms with E-state index in [4.69, 9.17) is 4.74 Å². The van der Waals surface area contributed by atoms with E-state index in [1.165, 1.54) is 12.1 Å². The molecule has 0 unspecified atom stereocenters. The van der Waals surface area contributed by atoms with Crippen LogP contribution in [0.2, 0.25) is 0 Å². The molecule has 1 atom stereocenters. The third-order valence-corrected chi connectivity index (χ3v) is 3.21. The minimum atomic E-state index is -0.289. The van der Waals surface area contributed by atoms with Crippen molar-refractivity contribution in [1.82, 2.24) is 20.2 Å². The Kier molecular flexibility index (Phi) is 4.33. The molecule has 3 rings (SSSR count). The fraction of sp³-hybridized carbons (Fsp3) is 0.267. The van der Waals surface area contributed by atoms with E-state index < -0.39 is 0 Å². The molecule has 8 heteroatoms. The number of aromatic amines is 1. The zero-order valence-electron chi connectivity index (χ0n) is 12.8. The van der Waals surface area contributed by atoms with Crippen LogP contribution in [0, 0.1) is 5.82 Å². The van der Waals surface area contributed by atoms with Gasteiger partial charge in [0.1, 0.15) is 11.6 Å². The van der Waals surface area contributed by atoms with E-state index in [9.17, 15) is 4.39 Å². The topological polar surface area (TPSA) is 87.8 Å². The predicted octanol–water partition coefficient (Wildman–Crippen LogP) is 2.68. The summed E-state index contributed by atoms with van der Waals surface area (Å²) in [7, 11) is 1.64. The van der Waals surface area contributed by atoms with Gasteiger partial charge in [0.25, 0.3) is 0 Å². The molecule has 3 N–H and O–H groups in total. The Morgan fingerprint density at radius 2 is 2.04 bits per heavy atom. The van der Waals surface area contributed by atoms with E-state index >= 15 is 0 Å². The second kappa shape index (κ2) is 6.57. The standard InChI is InChI=1S/C15H17FN6O/c1-9(8-23-2)18-15-20-13(12-7-17-22-14(12)21-15)19-11-5-3-10(16)4-6-11/h3-7,9H,8H2,1-2H3,(H3,17,18,19,20,21,22)/t9-/m1/s1. The lowest BCUT2D eigenvalue weighted by atomic mass is 10.3. The summed E-state index contributed by atoms with van der Waals surface area (Å²) in [5, 5.41) is 13.9. The SMILES string of the molecule is COC[C@@H](C)Nc1nc(Nc2ccc(F)cc2)c2cn[nH]c2n1. The zero-order chi connectivity index (χ0) is 16.2. The van der Waals surface area contributed by atoms with Gasteiger partial charge in [-0.05, 0) is 31.2 Å². The minimum Gasteiger partial charge on any atom is -0.383 e. The third kappa shape index (κ3) is 3.54. The smallest absolute Gasteiger partial charge is 0.227 e. The first-order valence-corrected chi connectivity index (χ1v) is 7.15. The summed E-state index contributed by atoms with van der Waals surface area (Å²) in [5.41, 5.74) is 1.33. The first-order chi connectivity index (χ1) is 11.2. The number of nitrogens with one attached hydrogen (secondary N) is 3. The van der Waals surface area contributed by atoms with Gasteiger partial charge in [-0.1, -0.05) is 0 Å². The number of fused-ring (bicyclic) bond motifs is 1. The Morgan fingerprint density at radius 1 is 1.26 bits per heavy atom. The molecule has 23 heavy (non-hydrogen) atoms. The van der Waals surface area contributed by atoms with Crippen molar-refractivity contribution in [3.63, 3.8) is 0 Å². The summed E-state index contributed by atoms with van der Waals surface area (Å²) < 4.78 is 18.1. The van der Waals surface area contributed by atoms with Crippen LogP contribution in [0.15, 0.2) is 30.5 Å². The molecule has 0 amide bonds. The normalized spacial score (nSPS) is 12.3. The van der Waals surface area contributed by atoms with Crippen LogP contribution in [0.3, 0.4) is 0 Å². The van der Waals surface area contributed by atoms with E-state index in [1.807, 2.05) is 6.92 Å². The highest BCUT2D eigenvalue weighted by Crippen LogP contribution is 2.24. The number of hydrogen-bond acceptors (Lipinski definition) is 6. The number of anilines is 3. The summed E-state index contributed by atoms with van der Waals surface area (Å²) in [5.74, 6) is 0.751. The summed E-state index contributed by atoms with van der Waals surface area (Å²) in [6, 6.07) is 6.11. The predicted molar refractivity (Wildman–Crippen MR) is 86.3 cm³/mol. The first-order valence-electron chi connectivity index (χ1n) is 7.15. The Hall–Kier alpha value is -2.74. The van der Waals surface area contributed by atoms with Crippen molar-refractivity contribution in [2.45, 2.75) is 13.0 Å². The molecule has 0 aliphatic heterocycles. The number of aromatic nitrogens is 4. The van der Waals surface area contributed by atoms with Gasteiger partial charge in [0.05, 0.1) is 18.2 Å². The fourth-order valence-corrected chi connectivity index (χ4v) is 2.18. The van der Waals surface area contributed by atoms with Crippen molar-refractivity contribution in [1.29, 1.82) is 0 Å². The number of H-pyrrole nitrogens is 1. The van der Waals surface area contributed by atoms with Crippen LogP contribution in [0.1, 0.15) is 6.92 Å². The van der Waals surface area contributed by atoms with Gasteiger partial charge in [-0.25, -0.2) is 4.39 Å². The number of nitrogens with zero attached hydrogens (tertiary/aromatic N) is 3. The Bertz CT molecular complexity index is 788. The minimum absolute atomic E-state index is 0.0547. The summed E-state index contributed by atoms with van der Waals surface area (Å²) in [4.78, 5) is 8.85. The Balaban J connectivity index is 1.91. The molecule has 1 aromatic carbocycles. The monoisotopic (exact) mass is 316 g/mol. The molecule has 7 nitrogen and oxygen atoms in total. The van der Waals surface area contributed by atoms with Crippen molar-refractivity contribution >= 4 is 28.5 Å². The summed E-state index contributed by atoms with van der Waals surface area (Å²) >= 11 is 0. The molecule has 0 saturated carbocycles. The van der Waals surface area contributed by atoms with E-state index in [-0.39, 0.29) is 11.9 Å². The second-order valence-corrected chi connectivity index (χ2v) is 5.16. The fourth-order valence-electron chi connectivity index (χ4n) is 2.18. The van der Waals surface area contributed by atoms with Gasteiger partial charge in [0, 0.05) is 18.8 Å². The number of benzene rings is 1. The lowest BCUT2D eigenvalue weighted by molar-refractivity contribution is 0.190. The van der Waals surface area contributed by atoms with Crippen molar-refractivity contribution in [3.05, 3.63) is 36.3 Å². The van der Waals surface area contributed by atoms with Gasteiger partial charge in [-0.2, -0.15) is 15.1 Å². The van der Waals surface area contributed by atoms with E-state index in [0.717, 1.165) is 11.1 Å². The van der Waals surface area contributed by atoms with Crippen LogP contribution < -0.4 is 10.6 Å². The lowest BCUT2D eigenvalue weighted by Crippen LogP contribution is -2.22. The molecule has 2 aromatic heterocycles. The highest BCUT2D eigenvalue weighted by molar-refractivity contribution is 5.89. The van der Waals surface area contributed by atoms with Gasteiger partial charge >= 0.3 is 0 Å². The number of methoxy groups -OCH3 is 1. The maximum Gasteiger partial charge on any atom is 0.227 e. The quantitative estimate of drug-likeness (QED) is 0.648. The number of hydrogen-bond donors (Lipinski definition) is 3. The van der Waals surface area contributed by atoms with Gasteiger partial charge in [0.2, 0.25) is 5.95 Å². The molecular weight excluding hydrogens is 299 g/mol. The highest BCUT2D eigenvalue weighted by Gasteiger charge is 2.11. The van der Waals surface area contributed by atoms with E-state index in [2.05, 4.69) is 30.8 Å². The van der Waals surface area contributed by atoms with Crippen molar-refractivity contribution in [2.24, 2.45) is 0 Å². The maximum atomic E-state index is 13.0. The molecule has 3 aromatic rings. The van der Waals surface area contributed by atoms with Crippen LogP contribution in [-0.2, 0) is 4.74 Å². The van der Waals surface area contributed by atoms with Crippen LogP contribution >= 0.6 is 0 Å². The van der Waals surface area contributed by atoms with Crippen LogP contribution in [0.4, 0.5) is 21.8 Å². The van der Waals surface area contributed by atoms with Crippen molar-refractivity contribution in [3.8, 4) is 0 Å². The van der Waals surface area contributed by atoms with E-state index in [1.54, 1.807) is 25.4 Å². The maximum absolute atomic E-state index is 13.0. The molecular formula is C15H17FN6O. The summed E-state index contributed by atoms with van der Waals surface area (Å²) in [6.07, 6.45) is 1.64. The second-order valence-electron chi connectivity index (χ2n) is 5.16. The molecule has 0 bridgehead atoms. The third-order valence-electron chi connectivity index (χ3n) is 3.21. The van der Waals surface area contributed by atoms with Gasteiger partial charge in [0.15, 0.2) is 5.65 Å². The average molecular weight is 316 g/mol. The molecule has 2 heterocycles. The van der Waals surface area contributed by atoms with Crippen molar-refractivity contribution in [2.75, 3.05) is 24.4 Å². The first kappa shape index (κ1) is 15.2. The number of halogens is 1. The molecule has 0 radical (unpaired) electrons. The van der Waals surface area contributed by atoms with Gasteiger partial charge in [-0.3, -0.25) is 5.10 Å². The lowest BCUT2D eigenvalue weighted by Gasteiger charge is -2.14. The number of rotatable bonds is 6. The molecule has 120 valence electrons. The van der Waals surface area contributed by atoms with E-state index in [0.29, 0.717) is 24.0 Å².